The van der Waals surface area contributed by atoms with Gasteiger partial charge in [0.2, 0.25) is 0 Å². The fraction of sp³-hybridized carbons (Fsp3) is 0.417. The van der Waals surface area contributed by atoms with Crippen molar-refractivity contribution in [3.8, 4) is 11.8 Å². The molecule has 0 heterocycles. The summed E-state index contributed by atoms with van der Waals surface area (Å²) in [5.74, 6) is 1.35. The summed E-state index contributed by atoms with van der Waals surface area (Å²) in [6.45, 7) is 0.469. The van der Waals surface area contributed by atoms with Gasteiger partial charge in [0.05, 0.1) is 11.5 Å². The second-order valence-electron chi connectivity index (χ2n) is 3.57. The van der Waals surface area contributed by atoms with Crippen LogP contribution in [0.25, 0.3) is 0 Å². The molecule has 0 fully saturated rings. The highest BCUT2D eigenvalue weighted by Gasteiger charge is 2.17. The zero-order valence-electron chi connectivity index (χ0n) is 10.1. The van der Waals surface area contributed by atoms with Crippen LogP contribution < -0.4 is 4.74 Å². The Labute approximate surface area is 110 Å². The number of nitriles is 1. The number of thioether (sulfide) groups is 1. The minimum absolute atomic E-state index is 0.00707. The van der Waals surface area contributed by atoms with E-state index < -0.39 is 4.92 Å². The molecular formula is C12H14N2O3S. The second-order valence-corrected chi connectivity index (χ2v) is 4.55. The average Bonchev–Trinajstić information content (AvgIpc) is 2.38. The first kappa shape index (κ1) is 14.3. The number of unbranched alkanes of at least 4 members (excludes halogenated alkanes) is 1. The highest BCUT2D eigenvalue weighted by molar-refractivity contribution is 7.98. The van der Waals surface area contributed by atoms with Gasteiger partial charge in [-0.15, -0.1) is 0 Å². The van der Waals surface area contributed by atoms with E-state index in [0.29, 0.717) is 6.61 Å². The van der Waals surface area contributed by atoms with Crippen LogP contribution in [0.5, 0.6) is 5.75 Å². The Hall–Kier alpha value is -1.74. The molecule has 0 aliphatic rings. The molecule has 6 heteroatoms. The minimum atomic E-state index is -0.570. The Kier molecular flexibility index (Phi) is 6.01. The summed E-state index contributed by atoms with van der Waals surface area (Å²) in [7, 11) is 0. The van der Waals surface area contributed by atoms with Crippen molar-refractivity contribution in [2.24, 2.45) is 0 Å². The molecule has 0 aromatic heterocycles. The van der Waals surface area contributed by atoms with Crippen LogP contribution in [0.2, 0.25) is 0 Å². The highest BCUT2D eigenvalue weighted by Crippen LogP contribution is 2.27. The summed E-state index contributed by atoms with van der Waals surface area (Å²) in [6.07, 6.45) is 3.93. The second kappa shape index (κ2) is 7.56. The fourth-order valence-electron chi connectivity index (χ4n) is 1.43. The molecule has 5 nitrogen and oxygen atoms in total. The molecule has 0 saturated heterocycles. The van der Waals surface area contributed by atoms with Crippen molar-refractivity contribution in [3.05, 3.63) is 33.9 Å². The van der Waals surface area contributed by atoms with E-state index in [1.807, 2.05) is 12.3 Å². The number of nitrogens with zero attached hydrogens (tertiary/aromatic N) is 2. The maximum Gasteiger partial charge on any atom is 0.290 e. The highest BCUT2D eigenvalue weighted by atomic mass is 32.2. The Morgan fingerprint density at radius 2 is 2.28 bits per heavy atom. The van der Waals surface area contributed by atoms with Gasteiger partial charge in [-0.05, 0) is 30.9 Å². The predicted molar refractivity (Wildman–Crippen MR) is 70.9 cm³/mol. The number of nitro groups is 1. The van der Waals surface area contributed by atoms with Gasteiger partial charge in [0, 0.05) is 6.07 Å². The number of benzene rings is 1. The first-order chi connectivity index (χ1) is 8.70. The molecule has 1 aromatic carbocycles. The first-order valence-corrected chi connectivity index (χ1v) is 6.89. The van der Waals surface area contributed by atoms with Crippen LogP contribution in [-0.2, 0) is 0 Å². The van der Waals surface area contributed by atoms with Crippen LogP contribution in [0.15, 0.2) is 18.2 Å². The third-order valence-corrected chi connectivity index (χ3v) is 3.01. The summed E-state index contributed by atoms with van der Waals surface area (Å²) in [6, 6.07) is 6.24. The van der Waals surface area contributed by atoms with Gasteiger partial charge >= 0.3 is 0 Å². The molecule has 0 atom stereocenters. The number of ether oxygens (including phenoxy) is 1. The van der Waals surface area contributed by atoms with E-state index in [0.717, 1.165) is 18.6 Å². The smallest absolute Gasteiger partial charge is 0.290 e. The molecule has 0 spiro atoms. The summed E-state index contributed by atoms with van der Waals surface area (Å²) >= 11 is 1.76. The van der Waals surface area contributed by atoms with Crippen molar-refractivity contribution in [1.29, 1.82) is 5.26 Å². The van der Waals surface area contributed by atoms with E-state index in [4.69, 9.17) is 10.00 Å². The number of hydrogen-bond acceptors (Lipinski definition) is 5. The molecule has 0 N–H and O–H groups in total. The number of nitro benzene ring substituents is 1. The van der Waals surface area contributed by atoms with E-state index in [-0.39, 0.29) is 17.0 Å². The lowest BCUT2D eigenvalue weighted by molar-refractivity contribution is -0.385. The number of hydrogen-bond donors (Lipinski definition) is 0. The van der Waals surface area contributed by atoms with E-state index >= 15 is 0 Å². The topological polar surface area (TPSA) is 76.2 Å². The van der Waals surface area contributed by atoms with Crippen LogP contribution in [0.1, 0.15) is 18.4 Å². The molecule has 0 aliphatic carbocycles. The molecule has 0 bridgehead atoms. The Bertz CT molecular complexity index is 457. The lowest BCUT2D eigenvalue weighted by Gasteiger charge is -2.07. The van der Waals surface area contributed by atoms with Gasteiger partial charge in [-0.2, -0.15) is 17.0 Å². The van der Waals surface area contributed by atoms with Gasteiger partial charge in [-0.1, -0.05) is 6.07 Å². The monoisotopic (exact) mass is 266 g/mol. The van der Waals surface area contributed by atoms with Gasteiger partial charge < -0.3 is 4.74 Å². The number of rotatable bonds is 7. The van der Waals surface area contributed by atoms with Crippen LogP contribution in [0, 0.1) is 21.4 Å². The van der Waals surface area contributed by atoms with Gasteiger partial charge in [0.1, 0.15) is 11.8 Å². The third kappa shape index (κ3) is 3.93. The van der Waals surface area contributed by atoms with E-state index in [1.165, 1.54) is 12.1 Å². The predicted octanol–water partition coefficient (Wildman–Crippen LogP) is 2.99. The summed E-state index contributed by atoms with van der Waals surface area (Å²) in [5.41, 5.74) is -0.216. The van der Waals surface area contributed by atoms with Crippen molar-refractivity contribution in [2.75, 3.05) is 18.6 Å². The van der Waals surface area contributed by atoms with Gasteiger partial charge in [-0.25, -0.2) is 0 Å². The minimum Gasteiger partial charge on any atom is -0.492 e. The SMILES string of the molecule is CSCCCCOc1cccc([N+](=O)[O-])c1C#N. The van der Waals surface area contributed by atoms with E-state index in [1.54, 1.807) is 17.8 Å². The fourth-order valence-corrected chi connectivity index (χ4v) is 1.93. The van der Waals surface area contributed by atoms with Gasteiger partial charge in [0.25, 0.3) is 5.69 Å². The van der Waals surface area contributed by atoms with Gasteiger partial charge in [-0.3, -0.25) is 10.1 Å². The molecule has 0 radical (unpaired) electrons. The van der Waals surface area contributed by atoms with E-state index in [2.05, 4.69) is 0 Å². The van der Waals surface area contributed by atoms with Crippen molar-refractivity contribution in [3.63, 3.8) is 0 Å². The molecule has 0 unspecified atom stereocenters. The Morgan fingerprint density at radius 1 is 1.50 bits per heavy atom. The normalized spacial score (nSPS) is 9.78. The zero-order chi connectivity index (χ0) is 13.4. The lowest BCUT2D eigenvalue weighted by Crippen LogP contribution is -2.01. The van der Waals surface area contributed by atoms with Crippen LogP contribution in [0.4, 0.5) is 5.69 Å². The molecule has 1 rings (SSSR count). The maximum atomic E-state index is 10.7. The van der Waals surface area contributed by atoms with Crippen LogP contribution >= 0.6 is 11.8 Å². The summed E-state index contributed by atoms with van der Waals surface area (Å²) in [5, 5.41) is 19.7. The summed E-state index contributed by atoms with van der Waals surface area (Å²) in [4.78, 5) is 10.2. The molecule has 18 heavy (non-hydrogen) atoms. The molecule has 96 valence electrons. The summed E-state index contributed by atoms with van der Waals surface area (Å²) < 4.78 is 5.43. The van der Waals surface area contributed by atoms with Crippen molar-refractivity contribution < 1.29 is 9.66 Å². The zero-order valence-corrected chi connectivity index (χ0v) is 10.9. The first-order valence-electron chi connectivity index (χ1n) is 5.50. The molecular weight excluding hydrogens is 252 g/mol. The van der Waals surface area contributed by atoms with Crippen molar-refractivity contribution in [2.45, 2.75) is 12.8 Å². The lowest BCUT2D eigenvalue weighted by atomic mass is 10.2. The Balaban J connectivity index is 2.68. The Morgan fingerprint density at radius 3 is 2.89 bits per heavy atom. The van der Waals surface area contributed by atoms with Crippen molar-refractivity contribution >= 4 is 17.4 Å². The van der Waals surface area contributed by atoms with E-state index in [9.17, 15) is 10.1 Å². The maximum absolute atomic E-state index is 10.7. The van der Waals surface area contributed by atoms with Crippen LogP contribution in [0.3, 0.4) is 0 Å². The molecule has 0 aliphatic heterocycles. The molecule has 0 amide bonds. The quantitative estimate of drug-likeness (QED) is 0.431. The largest absolute Gasteiger partial charge is 0.492 e. The van der Waals surface area contributed by atoms with Crippen molar-refractivity contribution in [1.82, 2.24) is 0 Å². The van der Waals surface area contributed by atoms with Crippen LogP contribution in [-0.4, -0.2) is 23.5 Å². The molecule has 1 aromatic rings. The molecule has 0 saturated carbocycles. The standard InChI is InChI=1S/C12H14N2O3S/c1-18-8-3-2-7-17-12-6-4-5-11(14(15)16)10(12)9-13/h4-6H,2-3,7-8H2,1H3. The average molecular weight is 266 g/mol. The third-order valence-electron chi connectivity index (χ3n) is 2.31. The van der Waals surface area contributed by atoms with Gasteiger partial charge in [0.15, 0.2) is 5.56 Å².